The van der Waals surface area contributed by atoms with Crippen molar-refractivity contribution in [3.05, 3.63) is 83.3 Å². The van der Waals surface area contributed by atoms with E-state index in [1.54, 1.807) is 0 Å². The predicted octanol–water partition coefficient (Wildman–Crippen LogP) is 5.61. The molecule has 4 heteroatoms. The normalized spacial score (nSPS) is 21.1. The summed E-state index contributed by atoms with van der Waals surface area (Å²) in [5, 5.41) is 3.79. The summed E-state index contributed by atoms with van der Waals surface area (Å²) < 4.78 is 2.11. The van der Waals surface area contributed by atoms with Crippen molar-refractivity contribution in [2.45, 2.75) is 58.8 Å². The number of imidazole rings is 1. The molecule has 4 nitrogen and oxygen atoms in total. The monoisotopic (exact) mass is 402 g/mol. The van der Waals surface area contributed by atoms with Gasteiger partial charge < -0.3 is 15.5 Å². The number of pyridine rings is 1. The first kappa shape index (κ1) is 20.7. The first-order valence-corrected chi connectivity index (χ1v) is 11.1. The third-order valence-corrected chi connectivity index (χ3v) is 6.33. The fourth-order valence-corrected chi connectivity index (χ4v) is 5.24. The van der Waals surface area contributed by atoms with E-state index in [0.717, 1.165) is 43.3 Å². The number of nitrogens with one attached hydrogen (secondary N) is 1. The number of nitrogens with two attached hydrogens (primary N) is 1. The van der Waals surface area contributed by atoms with E-state index in [2.05, 4.69) is 62.0 Å². The van der Waals surface area contributed by atoms with E-state index in [0.29, 0.717) is 6.54 Å². The summed E-state index contributed by atoms with van der Waals surface area (Å²) in [6.45, 7) is 16.5. The van der Waals surface area contributed by atoms with Gasteiger partial charge in [-0.1, -0.05) is 46.4 Å². The maximum Gasteiger partial charge on any atom is 0.0995 e. The van der Waals surface area contributed by atoms with E-state index in [1.807, 2.05) is 12.4 Å². The molecule has 1 unspecified atom stereocenters. The van der Waals surface area contributed by atoms with Crippen molar-refractivity contribution in [1.29, 1.82) is 0 Å². The fraction of sp³-hybridized carbons (Fsp3) is 0.423. The molecule has 0 saturated carbocycles. The van der Waals surface area contributed by atoms with Crippen molar-refractivity contribution in [2.75, 3.05) is 6.54 Å². The molecule has 1 atom stereocenters. The number of rotatable bonds is 6. The van der Waals surface area contributed by atoms with Gasteiger partial charge in [-0.2, -0.15) is 0 Å². The van der Waals surface area contributed by atoms with Crippen LogP contribution in [0.25, 0.3) is 5.52 Å². The molecular formula is C26H34N4. The molecule has 0 aromatic carbocycles. The van der Waals surface area contributed by atoms with Crippen LogP contribution in [0.1, 0.15) is 64.5 Å². The SMILES string of the molecule is C=C(CCC)C1=C(CCN)NC2=C(C(=C)CC(C)(C)C2)C1c1ncn2ccccc12. The van der Waals surface area contributed by atoms with Crippen LogP contribution in [0.3, 0.4) is 0 Å². The molecule has 0 fully saturated rings. The largest absolute Gasteiger partial charge is 0.362 e. The van der Waals surface area contributed by atoms with E-state index in [4.69, 9.17) is 10.7 Å². The summed E-state index contributed by atoms with van der Waals surface area (Å²) in [4.78, 5) is 4.92. The van der Waals surface area contributed by atoms with E-state index in [1.165, 1.54) is 33.7 Å². The van der Waals surface area contributed by atoms with Crippen molar-refractivity contribution in [2.24, 2.45) is 11.1 Å². The Morgan fingerprint density at radius 1 is 1.33 bits per heavy atom. The maximum absolute atomic E-state index is 6.04. The zero-order chi connectivity index (χ0) is 21.5. The summed E-state index contributed by atoms with van der Waals surface area (Å²) in [5.41, 5.74) is 15.9. The Balaban J connectivity index is 1.97. The number of hydrogen-bond donors (Lipinski definition) is 2. The molecule has 1 aliphatic carbocycles. The number of fused-ring (bicyclic) bond motifs is 1. The van der Waals surface area contributed by atoms with Gasteiger partial charge >= 0.3 is 0 Å². The van der Waals surface area contributed by atoms with Gasteiger partial charge in [0.15, 0.2) is 0 Å². The Bertz CT molecular complexity index is 1060. The number of dihydropyridines is 1. The van der Waals surface area contributed by atoms with Crippen LogP contribution in [-0.4, -0.2) is 15.9 Å². The minimum atomic E-state index is 0.0536. The molecule has 0 saturated heterocycles. The van der Waals surface area contributed by atoms with Gasteiger partial charge in [-0.05, 0) is 65.6 Å². The van der Waals surface area contributed by atoms with Crippen molar-refractivity contribution in [3.8, 4) is 0 Å². The van der Waals surface area contributed by atoms with Crippen LogP contribution in [0.5, 0.6) is 0 Å². The van der Waals surface area contributed by atoms with Crippen LogP contribution >= 0.6 is 0 Å². The first-order valence-electron chi connectivity index (χ1n) is 11.1. The minimum Gasteiger partial charge on any atom is -0.362 e. The second kappa shape index (κ2) is 7.92. The molecule has 0 amide bonds. The average Bonchev–Trinajstić information content (AvgIpc) is 3.10. The molecule has 30 heavy (non-hydrogen) atoms. The van der Waals surface area contributed by atoms with Crippen LogP contribution in [0.4, 0.5) is 0 Å². The highest BCUT2D eigenvalue weighted by molar-refractivity contribution is 5.65. The quantitative estimate of drug-likeness (QED) is 0.660. The minimum absolute atomic E-state index is 0.0536. The lowest BCUT2D eigenvalue weighted by molar-refractivity contribution is 0.334. The van der Waals surface area contributed by atoms with Gasteiger partial charge in [-0.3, -0.25) is 0 Å². The van der Waals surface area contributed by atoms with E-state index in [9.17, 15) is 0 Å². The number of hydrogen-bond acceptors (Lipinski definition) is 3. The number of nitrogens with zero attached hydrogens (tertiary/aromatic N) is 2. The lowest BCUT2D eigenvalue weighted by Gasteiger charge is -2.42. The summed E-state index contributed by atoms with van der Waals surface area (Å²) in [5.74, 6) is 0.0536. The van der Waals surface area contributed by atoms with Gasteiger partial charge in [-0.15, -0.1) is 0 Å². The maximum atomic E-state index is 6.04. The Kier molecular flexibility index (Phi) is 5.46. The lowest BCUT2D eigenvalue weighted by Crippen LogP contribution is -2.35. The van der Waals surface area contributed by atoms with Crippen LogP contribution in [0.15, 0.2) is 77.6 Å². The average molecular weight is 403 g/mol. The van der Waals surface area contributed by atoms with Crippen LogP contribution in [-0.2, 0) is 0 Å². The Hall–Kier alpha value is -2.59. The second-order valence-electron chi connectivity index (χ2n) is 9.48. The van der Waals surface area contributed by atoms with Crippen LogP contribution in [0, 0.1) is 5.41 Å². The van der Waals surface area contributed by atoms with Gasteiger partial charge in [0.1, 0.15) is 0 Å². The summed E-state index contributed by atoms with van der Waals surface area (Å²) >= 11 is 0. The third-order valence-electron chi connectivity index (χ3n) is 6.33. The topological polar surface area (TPSA) is 55.3 Å². The summed E-state index contributed by atoms with van der Waals surface area (Å²) in [7, 11) is 0. The molecule has 3 heterocycles. The van der Waals surface area contributed by atoms with Gasteiger partial charge in [0, 0.05) is 24.0 Å². The highest BCUT2D eigenvalue weighted by Crippen LogP contribution is 2.52. The molecule has 2 aliphatic rings. The molecule has 3 N–H and O–H groups in total. The van der Waals surface area contributed by atoms with Gasteiger partial charge in [0.25, 0.3) is 0 Å². The second-order valence-corrected chi connectivity index (χ2v) is 9.48. The van der Waals surface area contributed by atoms with Crippen molar-refractivity contribution >= 4 is 5.52 Å². The highest BCUT2D eigenvalue weighted by atomic mass is 15.0. The van der Waals surface area contributed by atoms with Gasteiger partial charge in [-0.25, -0.2) is 4.98 Å². The smallest absolute Gasteiger partial charge is 0.0995 e. The molecular weight excluding hydrogens is 368 g/mol. The third kappa shape index (κ3) is 3.54. The molecule has 0 bridgehead atoms. The molecule has 2 aromatic rings. The lowest BCUT2D eigenvalue weighted by atomic mass is 9.67. The van der Waals surface area contributed by atoms with E-state index < -0.39 is 0 Å². The molecule has 1 aliphatic heterocycles. The Morgan fingerprint density at radius 3 is 2.87 bits per heavy atom. The number of aromatic nitrogens is 2. The predicted molar refractivity (Wildman–Crippen MR) is 125 cm³/mol. The Morgan fingerprint density at radius 2 is 2.13 bits per heavy atom. The van der Waals surface area contributed by atoms with Crippen molar-refractivity contribution < 1.29 is 0 Å². The first-order chi connectivity index (χ1) is 14.4. The van der Waals surface area contributed by atoms with Gasteiger partial charge in [0.2, 0.25) is 0 Å². The molecule has 0 radical (unpaired) electrons. The summed E-state index contributed by atoms with van der Waals surface area (Å²) in [6.07, 6.45) is 8.82. The highest BCUT2D eigenvalue weighted by Gasteiger charge is 2.40. The molecule has 158 valence electrons. The standard InChI is InChI=1S/C26H34N4/c1-6-9-17(2)22-19(11-12-27)29-20-15-26(4,5)14-18(3)23(20)24(22)25-21-10-7-8-13-30(21)16-28-25/h7-8,10,13,16,24,29H,2-3,6,9,11-12,14-15,27H2,1,4-5H3. The fourth-order valence-electron chi connectivity index (χ4n) is 5.24. The van der Waals surface area contributed by atoms with Gasteiger partial charge in [0.05, 0.1) is 23.5 Å². The van der Waals surface area contributed by atoms with E-state index in [-0.39, 0.29) is 11.3 Å². The van der Waals surface area contributed by atoms with Crippen LogP contribution < -0.4 is 11.1 Å². The van der Waals surface area contributed by atoms with Crippen LogP contribution in [0.2, 0.25) is 0 Å². The summed E-state index contributed by atoms with van der Waals surface area (Å²) in [6, 6.07) is 6.28. The van der Waals surface area contributed by atoms with Crippen molar-refractivity contribution in [3.63, 3.8) is 0 Å². The Labute approximate surface area is 180 Å². The number of allylic oxidation sites excluding steroid dienone is 5. The molecule has 0 spiro atoms. The molecule has 4 rings (SSSR count). The van der Waals surface area contributed by atoms with E-state index >= 15 is 0 Å². The van der Waals surface area contributed by atoms with Crippen molar-refractivity contribution in [1.82, 2.24) is 14.7 Å². The zero-order valence-corrected chi connectivity index (χ0v) is 18.6. The zero-order valence-electron chi connectivity index (χ0n) is 18.6. The molecule has 2 aromatic heterocycles.